The minimum absolute atomic E-state index is 0.0443. The van der Waals surface area contributed by atoms with E-state index in [2.05, 4.69) is 5.10 Å². The predicted octanol–water partition coefficient (Wildman–Crippen LogP) is 3.79. The molecule has 0 bridgehead atoms. The number of aromatic carboxylic acids is 2. The van der Waals surface area contributed by atoms with Crippen molar-refractivity contribution in [1.82, 2.24) is 9.78 Å². The van der Waals surface area contributed by atoms with E-state index >= 15 is 0 Å². The molecule has 1 aromatic heterocycles. The molecule has 0 aliphatic carbocycles. The van der Waals surface area contributed by atoms with Gasteiger partial charge in [-0.15, -0.1) is 0 Å². The maximum atomic E-state index is 11.4. The fraction of sp³-hybridized carbons (Fsp3) is 0.0625. The topological polar surface area (TPSA) is 92.4 Å². The lowest BCUT2D eigenvalue weighted by Crippen LogP contribution is -2.05. The van der Waals surface area contributed by atoms with Gasteiger partial charge >= 0.3 is 11.9 Å². The summed E-state index contributed by atoms with van der Waals surface area (Å²) in [6.07, 6.45) is 0. The number of fused-ring (bicyclic) bond motifs is 1. The molecular formula is C16H10Cl2N2O4. The Kier molecular flexibility index (Phi) is 4.17. The molecule has 0 saturated carbocycles. The van der Waals surface area contributed by atoms with Gasteiger partial charge in [-0.1, -0.05) is 29.3 Å². The summed E-state index contributed by atoms with van der Waals surface area (Å²) in [5, 5.41) is 23.8. The maximum Gasteiger partial charge on any atom is 0.357 e. The highest BCUT2D eigenvalue weighted by atomic mass is 35.5. The van der Waals surface area contributed by atoms with Gasteiger partial charge < -0.3 is 10.2 Å². The third kappa shape index (κ3) is 2.93. The van der Waals surface area contributed by atoms with Crippen LogP contribution in [0, 0.1) is 0 Å². The van der Waals surface area contributed by atoms with Gasteiger partial charge in [0.15, 0.2) is 5.69 Å². The van der Waals surface area contributed by atoms with Crippen LogP contribution in [0.1, 0.15) is 26.4 Å². The number of carboxylic acid groups (broad SMARTS) is 2. The highest BCUT2D eigenvalue weighted by Gasteiger charge is 2.18. The summed E-state index contributed by atoms with van der Waals surface area (Å²) in [4.78, 5) is 22.5. The predicted molar refractivity (Wildman–Crippen MR) is 89.2 cm³/mol. The lowest BCUT2D eigenvalue weighted by molar-refractivity contribution is 0.0683. The summed E-state index contributed by atoms with van der Waals surface area (Å²) in [5.74, 6) is -2.30. The average Bonchev–Trinajstić information content (AvgIpc) is 2.88. The molecule has 0 radical (unpaired) electrons. The van der Waals surface area contributed by atoms with Crippen LogP contribution in [0.5, 0.6) is 0 Å². The first-order valence-electron chi connectivity index (χ1n) is 6.78. The molecule has 0 aliphatic heterocycles. The number of aromatic nitrogens is 2. The van der Waals surface area contributed by atoms with Gasteiger partial charge in [-0.05, 0) is 35.9 Å². The zero-order valence-corrected chi connectivity index (χ0v) is 13.5. The zero-order valence-electron chi connectivity index (χ0n) is 12.0. The summed E-state index contributed by atoms with van der Waals surface area (Å²) in [6, 6.07) is 9.12. The molecule has 0 saturated heterocycles. The molecular weight excluding hydrogens is 355 g/mol. The van der Waals surface area contributed by atoms with Crippen molar-refractivity contribution in [3.05, 3.63) is 63.3 Å². The summed E-state index contributed by atoms with van der Waals surface area (Å²) in [6.45, 7) is 0.183. The molecule has 6 nitrogen and oxygen atoms in total. The summed E-state index contributed by atoms with van der Waals surface area (Å²) < 4.78 is 1.42. The van der Waals surface area contributed by atoms with Crippen molar-refractivity contribution in [2.75, 3.05) is 0 Å². The number of carboxylic acids is 2. The molecule has 2 N–H and O–H groups in total. The minimum Gasteiger partial charge on any atom is -0.478 e. The van der Waals surface area contributed by atoms with E-state index in [4.69, 9.17) is 28.3 Å². The first-order chi connectivity index (χ1) is 11.4. The van der Waals surface area contributed by atoms with Crippen LogP contribution in [0.4, 0.5) is 0 Å². The molecule has 2 aromatic carbocycles. The molecule has 1 heterocycles. The maximum absolute atomic E-state index is 11.4. The average molecular weight is 365 g/mol. The van der Waals surface area contributed by atoms with Crippen molar-refractivity contribution in [3.63, 3.8) is 0 Å². The van der Waals surface area contributed by atoms with Gasteiger partial charge in [0.1, 0.15) is 0 Å². The van der Waals surface area contributed by atoms with E-state index in [1.807, 2.05) is 0 Å². The van der Waals surface area contributed by atoms with Crippen molar-refractivity contribution in [2.45, 2.75) is 6.54 Å². The SMILES string of the molecule is O=C(O)c1ccc2c(C(=O)O)nn(Cc3ccc(Cl)cc3Cl)c2c1. The number of hydrogen-bond donors (Lipinski definition) is 2. The van der Waals surface area contributed by atoms with Gasteiger partial charge in [0, 0.05) is 15.4 Å². The fourth-order valence-corrected chi connectivity index (χ4v) is 2.86. The molecule has 3 rings (SSSR count). The summed E-state index contributed by atoms with van der Waals surface area (Å²) in [7, 11) is 0. The molecule has 8 heteroatoms. The Morgan fingerprint density at radius 2 is 1.79 bits per heavy atom. The van der Waals surface area contributed by atoms with Gasteiger partial charge in [-0.3, -0.25) is 4.68 Å². The largest absolute Gasteiger partial charge is 0.478 e. The van der Waals surface area contributed by atoms with E-state index in [1.54, 1.807) is 18.2 Å². The first kappa shape index (κ1) is 16.3. The Bertz CT molecular complexity index is 982. The van der Waals surface area contributed by atoms with Crippen LogP contribution in [0.2, 0.25) is 10.0 Å². The van der Waals surface area contributed by atoms with Crippen molar-refractivity contribution in [1.29, 1.82) is 0 Å². The van der Waals surface area contributed by atoms with Gasteiger partial charge in [0.05, 0.1) is 17.6 Å². The minimum atomic E-state index is -1.19. The second-order valence-corrected chi connectivity index (χ2v) is 5.93. The zero-order chi connectivity index (χ0) is 17.4. The second kappa shape index (κ2) is 6.14. The quantitative estimate of drug-likeness (QED) is 0.734. The van der Waals surface area contributed by atoms with Crippen molar-refractivity contribution in [3.8, 4) is 0 Å². The Morgan fingerprint density at radius 1 is 1.04 bits per heavy atom. The second-order valence-electron chi connectivity index (χ2n) is 5.08. The van der Waals surface area contributed by atoms with E-state index in [0.29, 0.717) is 26.5 Å². The normalized spacial score (nSPS) is 10.9. The Hall–Kier alpha value is -2.57. The third-order valence-electron chi connectivity index (χ3n) is 3.54. The third-order valence-corrected chi connectivity index (χ3v) is 4.12. The van der Waals surface area contributed by atoms with E-state index in [-0.39, 0.29) is 17.8 Å². The number of halogens is 2. The van der Waals surface area contributed by atoms with Crippen LogP contribution in [0.25, 0.3) is 10.9 Å². The lowest BCUT2D eigenvalue weighted by Gasteiger charge is -2.07. The number of rotatable bonds is 4. The Balaban J connectivity index is 2.16. The van der Waals surface area contributed by atoms with E-state index in [0.717, 1.165) is 0 Å². The summed E-state index contributed by atoms with van der Waals surface area (Å²) >= 11 is 12.0. The molecule has 122 valence electrons. The Labute approximate surface area is 145 Å². The van der Waals surface area contributed by atoms with Crippen LogP contribution in [-0.4, -0.2) is 31.9 Å². The molecule has 0 unspecified atom stereocenters. The van der Waals surface area contributed by atoms with E-state index in [1.165, 1.54) is 22.9 Å². The summed E-state index contributed by atoms with van der Waals surface area (Å²) in [5.41, 5.74) is 0.983. The van der Waals surface area contributed by atoms with Crippen LogP contribution < -0.4 is 0 Å². The van der Waals surface area contributed by atoms with Gasteiger partial charge in [0.25, 0.3) is 0 Å². The molecule has 3 aromatic rings. The van der Waals surface area contributed by atoms with Crippen LogP contribution in [-0.2, 0) is 6.54 Å². The fourth-order valence-electron chi connectivity index (χ4n) is 2.40. The van der Waals surface area contributed by atoms with Crippen LogP contribution in [0.3, 0.4) is 0 Å². The number of benzene rings is 2. The van der Waals surface area contributed by atoms with Crippen LogP contribution in [0.15, 0.2) is 36.4 Å². The molecule has 0 aliphatic rings. The molecule has 0 fully saturated rings. The smallest absolute Gasteiger partial charge is 0.357 e. The number of carbonyl (C=O) groups is 2. The number of hydrogen-bond acceptors (Lipinski definition) is 3. The van der Waals surface area contributed by atoms with Crippen molar-refractivity contribution < 1.29 is 19.8 Å². The van der Waals surface area contributed by atoms with Gasteiger partial charge in [0.2, 0.25) is 0 Å². The molecule has 0 spiro atoms. The highest BCUT2D eigenvalue weighted by molar-refractivity contribution is 6.35. The first-order valence-corrected chi connectivity index (χ1v) is 7.53. The van der Waals surface area contributed by atoms with Crippen LogP contribution >= 0.6 is 23.2 Å². The lowest BCUT2D eigenvalue weighted by atomic mass is 10.1. The standard InChI is InChI=1S/C16H10Cl2N2O4/c17-10-3-1-9(12(18)6-10)7-20-13-5-8(15(21)22)2-4-11(13)14(19-20)16(23)24/h1-6H,7H2,(H,21,22)(H,23,24). The number of nitrogens with zero attached hydrogens (tertiary/aromatic N) is 2. The van der Waals surface area contributed by atoms with Gasteiger partial charge in [-0.25, -0.2) is 9.59 Å². The monoisotopic (exact) mass is 364 g/mol. The Morgan fingerprint density at radius 3 is 2.42 bits per heavy atom. The van der Waals surface area contributed by atoms with Gasteiger partial charge in [-0.2, -0.15) is 5.10 Å². The molecule has 0 amide bonds. The van der Waals surface area contributed by atoms with E-state index < -0.39 is 11.9 Å². The highest BCUT2D eigenvalue weighted by Crippen LogP contribution is 2.25. The van der Waals surface area contributed by atoms with Crippen molar-refractivity contribution >= 4 is 46.0 Å². The van der Waals surface area contributed by atoms with E-state index in [9.17, 15) is 14.7 Å². The molecule has 24 heavy (non-hydrogen) atoms. The van der Waals surface area contributed by atoms with Crippen molar-refractivity contribution in [2.24, 2.45) is 0 Å². The molecule has 0 atom stereocenters.